The van der Waals surface area contributed by atoms with Crippen molar-refractivity contribution in [2.24, 2.45) is 5.73 Å². The maximum absolute atomic E-state index is 13.0. The fourth-order valence-electron chi connectivity index (χ4n) is 1.86. The van der Waals surface area contributed by atoms with Crippen LogP contribution in [-0.4, -0.2) is 11.0 Å². The molecule has 0 fully saturated rings. The molecule has 0 saturated heterocycles. The number of halogens is 2. The first-order chi connectivity index (χ1) is 8.65. The largest absolute Gasteiger partial charge is 0.327 e. The first-order valence-corrected chi connectivity index (χ1v) is 5.73. The fraction of sp³-hybridized carbons (Fsp3) is 0.214. The van der Waals surface area contributed by atoms with Crippen LogP contribution in [0.25, 0.3) is 0 Å². The highest BCUT2D eigenvalue weighted by Gasteiger charge is 2.08. The molecule has 0 aliphatic carbocycles. The van der Waals surface area contributed by atoms with Crippen LogP contribution in [0, 0.1) is 11.6 Å². The molecular weight excluding hydrogens is 234 g/mol. The molecule has 0 saturated carbocycles. The van der Waals surface area contributed by atoms with Gasteiger partial charge in [0.2, 0.25) is 0 Å². The van der Waals surface area contributed by atoms with Crippen LogP contribution < -0.4 is 5.73 Å². The van der Waals surface area contributed by atoms with Gasteiger partial charge in [0.1, 0.15) is 0 Å². The second-order valence-corrected chi connectivity index (χ2v) is 4.28. The van der Waals surface area contributed by atoms with Crippen LogP contribution in [0.4, 0.5) is 8.78 Å². The quantitative estimate of drug-likeness (QED) is 0.902. The summed E-state index contributed by atoms with van der Waals surface area (Å²) in [4.78, 5) is 4.01. The Hall–Kier alpha value is -1.81. The minimum atomic E-state index is -0.834. The summed E-state index contributed by atoms with van der Waals surface area (Å²) in [6.45, 7) is 0. The number of hydrogen-bond donors (Lipinski definition) is 1. The summed E-state index contributed by atoms with van der Waals surface area (Å²) in [7, 11) is 0. The highest BCUT2D eigenvalue weighted by atomic mass is 19.2. The normalized spacial score (nSPS) is 12.4. The third kappa shape index (κ3) is 3.34. The number of nitrogens with zero attached hydrogens (tertiary/aromatic N) is 1. The van der Waals surface area contributed by atoms with E-state index in [-0.39, 0.29) is 6.04 Å². The molecule has 2 nitrogen and oxygen atoms in total. The zero-order valence-corrected chi connectivity index (χ0v) is 9.81. The Balaban J connectivity index is 1.99. The molecule has 94 valence electrons. The number of nitrogens with two attached hydrogens (primary N) is 1. The number of hydrogen-bond acceptors (Lipinski definition) is 2. The van der Waals surface area contributed by atoms with Crippen LogP contribution in [0.2, 0.25) is 0 Å². The van der Waals surface area contributed by atoms with E-state index >= 15 is 0 Å². The van der Waals surface area contributed by atoms with Crippen molar-refractivity contribution in [3.05, 3.63) is 65.5 Å². The second-order valence-electron chi connectivity index (χ2n) is 4.28. The van der Waals surface area contributed by atoms with Crippen LogP contribution in [0.1, 0.15) is 11.1 Å². The smallest absolute Gasteiger partial charge is 0.159 e. The van der Waals surface area contributed by atoms with E-state index in [4.69, 9.17) is 5.73 Å². The lowest BCUT2D eigenvalue weighted by atomic mass is 10.0. The number of benzene rings is 1. The van der Waals surface area contributed by atoms with Gasteiger partial charge in [-0.05, 0) is 42.2 Å². The first kappa shape index (κ1) is 12.6. The predicted octanol–water partition coefficient (Wildman–Crippen LogP) is 2.47. The zero-order chi connectivity index (χ0) is 13.0. The van der Waals surface area contributed by atoms with E-state index in [0.29, 0.717) is 18.4 Å². The Morgan fingerprint density at radius 3 is 2.50 bits per heavy atom. The molecule has 0 aliphatic rings. The lowest BCUT2D eigenvalue weighted by Crippen LogP contribution is -2.25. The van der Waals surface area contributed by atoms with Crippen LogP contribution in [-0.2, 0) is 12.8 Å². The van der Waals surface area contributed by atoms with E-state index in [1.165, 1.54) is 6.07 Å². The predicted molar refractivity (Wildman–Crippen MR) is 66.0 cm³/mol. The standard InChI is InChI=1S/C14H14F2N2/c15-13-4-3-10(8-14(13)16)6-12(17)7-11-2-1-5-18-9-11/h1-5,8-9,12H,6-7,17H2. The summed E-state index contributed by atoms with van der Waals surface area (Å²) in [5.74, 6) is -1.67. The minimum Gasteiger partial charge on any atom is -0.327 e. The highest BCUT2D eigenvalue weighted by Crippen LogP contribution is 2.11. The van der Waals surface area contributed by atoms with Crippen molar-refractivity contribution in [1.82, 2.24) is 4.98 Å². The molecule has 18 heavy (non-hydrogen) atoms. The Morgan fingerprint density at radius 1 is 1.06 bits per heavy atom. The summed E-state index contributed by atoms with van der Waals surface area (Å²) in [6, 6.07) is 7.53. The summed E-state index contributed by atoms with van der Waals surface area (Å²) in [6.07, 6.45) is 4.62. The Morgan fingerprint density at radius 2 is 1.83 bits per heavy atom. The Bertz CT molecular complexity index is 514. The van der Waals surface area contributed by atoms with Gasteiger partial charge in [-0.2, -0.15) is 0 Å². The Labute approximate surface area is 104 Å². The molecule has 0 radical (unpaired) electrons. The van der Waals surface area contributed by atoms with E-state index in [2.05, 4.69) is 4.98 Å². The van der Waals surface area contributed by atoms with Crippen LogP contribution in [0.15, 0.2) is 42.7 Å². The van der Waals surface area contributed by atoms with Crippen molar-refractivity contribution in [3.8, 4) is 0 Å². The molecule has 2 rings (SSSR count). The van der Waals surface area contributed by atoms with Gasteiger partial charge in [0, 0.05) is 18.4 Å². The van der Waals surface area contributed by atoms with Crippen molar-refractivity contribution in [1.29, 1.82) is 0 Å². The zero-order valence-electron chi connectivity index (χ0n) is 9.81. The van der Waals surface area contributed by atoms with Crippen molar-refractivity contribution < 1.29 is 8.78 Å². The molecule has 2 N–H and O–H groups in total. The summed E-state index contributed by atoms with van der Waals surface area (Å²) < 4.78 is 25.8. The number of rotatable bonds is 4. The third-order valence-corrected chi connectivity index (χ3v) is 2.70. The molecule has 2 aromatic rings. The second kappa shape index (κ2) is 5.69. The van der Waals surface area contributed by atoms with Crippen molar-refractivity contribution in [2.75, 3.05) is 0 Å². The molecule has 0 bridgehead atoms. The van der Waals surface area contributed by atoms with Crippen molar-refractivity contribution >= 4 is 0 Å². The van der Waals surface area contributed by atoms with E-state index in [1.54, 1.807) is 18.5 Å². The van der Waals surface area contributed by atoms with E-state index < -0.39 is 11.6 Å². The molecule has 0 aliphatic heterocycles. The van der Waals surface area contributed by atoms with Crippen molar-refractivity contribution in [2.45, 2.75) is 18.9 Å². The fourth-order valence-corrected chi connectivity index (χ4v) is 1.86. The van der Waals surface area contributed by atoms with Gasteiger partial charge in [0.25, 0.3) is 0 Å². The van der Waals surface area contributed by atoms with Gasteiger partial charge < -0.3 is 5.73 Å². The molecule has 4 heteroatoms. The lowest BCUT2D eigenvalue weighted by Gasteiger charge is -2.11. The average molecular weight is 248 g/mol. The van der Waals surface area contributed by atoms with Gasteiger partial charge in [-0.1, -0.05) is 12.1 Å². The van der Waals surface area contributed by atoms with E-state index in [0.717, 1.165) is 11.6 Å². The topological polar surface area (TPSA) is 38.9 Å². The maximum Gasteiger partial charge on any atom is 0.159 e. The maximum atomic E-state index is 13.0. The Kier molecular flexibility index (Phi) is 3.99. The summed E-state index contributed by atoms with van der Waals surface area (Å²) >= 11 is 0. The third-order valence-electron chi connectivity index (χ3n) is 2.70. The van der Waals surface area contributed by atoms with E-state index in [1.807, 2.05) is 12.1 Å². The average Bonchev–Trinajstić information content (AvgIpc) is 2.35. The monoisotopic (exact) mass is 248 g/mol. The van der Waals surface area contributed by atoms with Crippen LogP contribution in [0.5, 0.6) is 0 Å². The van der Waals surface area contributed by atoms with Gasteiger partial charge in [0.05, 0.1) is 0 Å². The molecular formula is C14H14F2N2. The molecule has 1 aromatic carbocycles. The highest BCUT2D eigenvalue weighted by molar-refractivity contribution is 5.20. The molecule has 0 spiro atoms. The molecule has 1 heterocycles. The van der Waals surface area contributed by atoms with Crippen LogP contribution in [0.3, 0.4) is 0 Å². The van der Waals surface area contributed by atoms with Gasteiger partial charge in [-0.15, -0.1) is 0 Å². The molecule has 1 atom stereocenters. The molecule has 1 unspecified atom stereocenters. The number of pyridine rings is 1. The van der Waals surface area contributed by atoms with Crippen molar-refractivity contribution in [3.63, 3.8) is 0 Å². The first-order valence-electron chi connectivity index (χ1n) is 5.73. The van der Waals surface area contributed by atoms with Crippen LogP contribution >= 0.6 is 0 Å². The van der Waals surface area contributed by atoms with E-state index in [9.17, 15) is 8.78 Å². The van der Waals surface area contributed by atoms with Gasteiger partial charge in [0.15, 0.2) is 11.6 Å². The van der Waals surface area contributed by atoms with Gasteiger partial charge in [-0.25, -0.2) is 8.78 Å². The molecule has 1 aromatic heterocycles. The SMILES string of the molecule is NC(Cc1cccnc1)Cc1ccc(F)c(F)c1. The van der Waals surface area contributed by atoms with Gasteiger partial charge >= 0.3 is 0 Å². The number of aromatic nitrogens is 1. The minimum absolute atomic E-state index is 0.140. The van der Waals surface area contributed by atoms with Gasteiger partial charge in [-0.3, -0.25) is 4.98 Å². The lowest BCUT2D eigenvalue weighted by molar-refractivity contribution is 0.506. The summed E-state index contributed by atoms with van der Waals surface area (Å²) in [5, 5.41) is 0. The molecule has 0 amide bonds. The summed E-state index contributed by atoms with van der Waals surface area (Å²) in [5.41, 5.74) is 7.72.